The zero-order valence-electron chi connectivity index (χ0n) is 7.77. The molecular weight excluding hydrogens is 180 g/mol. The van der Waals surface area contributed by atoms with Crippen LogP contribution in [0.3, 0.4) is 0 Å². The Bertz CT molecular complexity index is 382. The van der Waals surface area contributed by atoms with Gasteiger partial charge < -0.3 is 10.0 Å². The average Bonchev–Trinajstić information content (AvgIpc) is 2.18. The Morgan fingerprint density at radius 2 is 2.50 bits per heavy atom. The summed E-state index contributed by atoms with van der Waals surface area (Å²) in [7, 11) is 1.73. The molecule has 1 aromatic heterocycles. The molecule has 0 radical (unpaired) electrons. The van der Waals surface area contributed by atoms with E-state index in [9.17, 15) is 4.79 Å². The van der Waals surface area contributed by atoms with E-state index in [-0.39, 0.29) is 5.56 Å². The molecule has 0 bridgehead atoms. The number of aromatic nitrogens is 1. The molecule has 0 aliphatic carbocycles. The summed E-state index contributed by atoms with van der Waals surface area (Å²) in [4.78, 5) is 16.2. The molecule has 72 valence electrons. The summed E-state index contributed by atoms with van der Waals surface area (Å²) in [6.45, 7) is 0.442. The van der Waals surface area contributed by atoms with Crippen LogP contribution in [0.5, 0.6) is 0 Å². The summed E-state index contributed by atoms with van der Waals surface area (Å²) < 4.78 is 0. The van der Waals surface area contributed by atoms with Crippen molar-refractivity contribution in [1.82, 2.24) is 9.88 Å². The monoisotopic (exact) mass is 190 g/mol. The van der Waals surface area contributed by atoms with E-state index < -0.39 is 5.97 Å². The predicted molar refractivity (Wildman–Crippen MR) is 51.5 cm³/mol. The van der Waals surface area contributed by atoms with Crippen molar-refractivity contribution in [2.75, 3.05) is 7.05 Å². The van der Waals surface area contributed by atoms with Gasteiger partial charge in [0.05, 0.1) is 17.8 Å². The van der Waals surface area contributed by atoms with Crippen LogP contribution in [0, 0.1) is 12.5 Å². The van der Waals surface area contributed by atoms with Crippen LogP contribution in [0.25, 0.3) is 0 Å². The fraction of sp³-hybridized carbons (Fsp3) is 0.200. The van der Waals surface area contributed by atoms with Gasteiger partial charge in [-0.1, -0.05) is 6.42 Å². The van der Waals surface area contributed by atoms with Crippen LogP contribution in [-0.2, 0) is 6.54 Å². The maximum absolute atomic E-state index is 10.6. The molecule has 0 unspecified atom stereocenters. The lowest BCUT2D eigenvalue weighted by Crippen LogP contribution is -2.12. The molecule has 0 aromatic carbocycles. The van der Waals surface area contributed by atoms with Gasteiger partial charge >= 0.3 is 5.97 Å². The van der Waals surface area contributed by atoms with Gasteiger partial charge in [0.25, 0.3) is 0 Å². The first-order valence-corrected chi connectivity index (χ1v) is 3.99. The number of hydrogen-bond acceptors (Lipinski definition) is 3. The Morgan fingerprint density at radius 3 is 3.07 bits per heavy atom. The van der Waals surface area contributed by atoms with Gasteiger partial charge in [0.15, 0.2) is 0 Å². The van der Waals surface area contributed by atoms with E-state index in [2.05, 4.69) is 11.0 Å². The molecule has 14 heavy (non-hydrogen) atoms. The van der Waals surface area contributed by atoms with E-state index in [0.29, 0.717) is 12.2 Å². The summed E-state index contributed by atoms with van der Waals surface area (Å²) >= 11 is 0. The van der Waals surface area contributed by atoms with Gasteiger partial charge in [0.2, 0.25) is 0 Å². The first-order valence-electron chi connectivity index (χ1n) is 3.99. The number of carbonyl (C=O) groups is 1. The molecule has 0 saturated carbocycles. The quantitative estimate of drug-likeness (QED) is 0.566. The van der Waals surface area contributed by atoms with Crippen molar-refractivity contribution in [2.45, 2.75) is 6.54 Å². The Hall–Kier alpha value is -2.02. The molecule has 4 nitrogen and oxygen atoms in total. The van der Waals surface area contributed by atoms with Crippen LogP contribution < -0.4 is 0 Å². The van der Waals surface area contributed by atoms with E-state index in [1.165, 1.54) is 18.3 Å². The number of rotatable bonds is 3. The van der Waals surface area contributed by atoms with Crippen molar-refractivity contribution in [2.24, 2.45) is 0 Å². The normalized spacial score (nSPS) is 9.14. The van der Waals surface area contributed by atoms with Gasteiger partial charge in [-0.3, -0.25) is 4.98 Å². The molecule has 4 heteroatoms. The zero-order valence-corrected chi connectivity index (χ0v) is 7.77. The highest BCUT2D eigenvalue weighted by Crippen LogP contribution is 2.03. The minimum Gasteiger partial charge on any atom is -0.478 e. The minimum atomic E-state index is -0.961. The van der Waals surface area contributed by atoms with Gasteiger partial charge in [-0.05, 0) is 12.1 Å². The Labute approximate surface area is 82.2 Å². The minimum absolute atomic E-state index is 0.223. The Morgan fingerprint density at radius 1 is 1.79 bits per heavy atom. The molecular formula is C10H10N2O2. The first-order chi connectivity index (χ1) is 6.63. The van der Waals surface area contributed by atoms with Gasteiger partial charge in [-0.2, -0.15) is 0 Å². The van der Waals surface area contributed by atoms with Gasteiger partial charge in [-0.15, -0.1) is 0 Å². The summed E-state index contributed by atoms with van der Waals surface area (Å²) in [5, 5.41) is 8.72. The SMILES string of the molecule is C#CN(C)Cc1cc(C(=O)O)ccn1. The van der Waals surface area contributed by atoms with Gasteiger partial charge in [0, 0.05) is 19.3 Å². The molecule has 1 N–H and O–H groups in total. The van der Waals surface area contributed by atoms with Crippen molar-refractivity contribution in [1.29, 1.82) is 0 Å². The van der Waals surface area contributed by atoms with Crippen LogP contribution in [0.1, 0.15) is 16.1 Å². The summed E-state index contributed by atoms with van der Waals surface area (Å²) in [5.74, 6) is -0.961. The third kappa shape index (κ3) is 2.49. The third-order valence-corrected chi connectivity index (χ3v) is 1.68. The van der Waals surface area contributed by atoms with Crippen molar-refractivity contribution in [3.63, 3.8) is 0 Å². The molecule has 0 aliphatic rings. The largest absolute Gasteiger partial charge is 0.478 e. The average molecular weight is 190 g/mol. The van der Waals surface area contributed by atoms with Crippen LogP contribution in [-0.4, -0.2) is 28.0 Å². The van der Waals surface area contributed by atoms with E-state index in [1.807, 2.05) is 0 Å². The highest BCUT2D eigenvalue weighted by atomic mass is 16.4. The molecule has 1 rings (SSSR count). The number of terminal acetylenes is 1. The molecule has 0 aliphatic heterocycles. The zero-order chi connectivity index (χ0) is 10.6. The number of nitrogens with zero attached hydrogens (tertiary/aromatic N) is 2. The van der Waals surface area contributed by atoms with E-state index in [1.54, 1.807) is 11.9 Å². The summed E-state index contributed by atoms with van der Waals surface area (Å²) in [5.41, 5.74) is 0.866. The number of carboxylic acids is 1. The maximum Gasteiger partial charge on any atom is 0.335 e. The number of pyridine rings is 1. The number of hydrogen-bond donors (Lipinski definition) is 1. The predicted octanol–water partition coefficient (Wildman–Crippen LogP) is 0.802. The molecule has 1 aromatic rings. The molecule has 1 heterocycles. The van der Waals surface area contributed by atoms with Gasteiger partial charge in [-0.25, -0.2) is 4.79 Å². The lowest BCUT2D eigenvalue weighted by Gasteiger charge is -2.09. The first kappa shape index (κ1) is 10.1. The van der Waals surface area contributed by atoms with E-state index in [4.69, 9.17) is 11.5 Å². The van der Waals surface area contributed by atoms with Gasteiger partial charge in [0.1, 0.15) is 0 Å². The van der Waals surface area contributed by atoms with Crippen LogP contribution >= 0.6 is 0 Å². The highest BCUT2D eigenvalue weighted by Gasteiger charge is 2.04. The van der Waals surface area contributed by atoms with Crippen LogP contribution in [0.4, 0.5) is 0 Å². The lowest BCUT2D eigenvalue weighted by molar-refractivity contribution is 0.0696. The van der Waals surface area contributed by atoms with Crippen molar-refractivity contribution >= 4 is 5.97 Å². The standard InChI is InChI=1S/C10H10N2O2/c1-3-12(2)7-9-6-8(10(13)14)4-5-11-9/h1,4-6H,7H2,2H3,(H,13,14). The molecule has 0 spiro atoms. The summed E-state index contributed by atoms with van der Waals surface area (Å²) in [6.07, 6.45) is 6.61. The molecule has 0 atom stereocenters. The van der Waals surface area contributed by atoms with Crippen molar-refractivity contribution < 1.29 is 9.90 Å². The third-order valence-electron chi connectivity index (χ3n) is 1.68. The fourth-order valence-electron chi connectivity index (χ4n) is 0.986. The van der Waals surface area contributed by atoms with Crippen LogP contribution in [0.2, 0.25) is 0 Å². The highest BCUT2D eigenvalue weighted by molar-refractivity contribution is 5.87. The number of aromatic carboxylic acids is 1. The van der Waals surface area contributed by atoms with E-state index in [0.717, 1.165) is 0 Å². The second-order valence-electron chi connectivity index (χ2n) is 2.83. The maximum atomic E-state index is 10.6. The smallest absolute Gasteiger partial charge is 0.335 e. The number of carboxylic acid groups (broad SMARTS) is 1. The molecule has 0 amide bonds. The Kier molecular flexibility index (Phi) is 3.08. The summed E-state index contributed by atoms with van der Waals surface area (Å²) in [6, 6.07) is 5.36. The Balaban J connectivity index is 2.85. The van der Waals surface area contributed by atoms with Crippen LogP contribution in [0.15, 0.2) is 18.3 Å². The van der Waals surface area contributed by atoms with Crippen molar-refractivity contribution in [3.05, 3.63) is 29.6 Å². The fourth-order valence-corrected chi connectivity index (χ4v) is 0.986. The lowest BCUT2D eigenvalue weighted by atomic mass is 10.2. The molecule has 0 saturated heterocycles. The molecule has 0 fully saturated rings. The van der Waals surface area contributed by atoms with Crippen molar-refractivity contribution in [3.8, 4) is 12.5 Å². The van der Waals surface area contributed by atoms with E-state index >= 15 is 0 Å². The topological polar surface area (TPSA) is 53.4 Å². The second kappa shape index (κ2) is 4.28. The second-order valence-corrected chi connectivity index (χ2v) is 2.83.